The fraction of sp³-hybridized carbons (Fsp3) is 0.917. The van der Waals surface area contributed by atoms with E-state index in [0.717, 1.165) is 0 Å². The molecule has 6 heterocycles. The van der Waals surface area contributed by atoms with Crippen LogP contribution in [0.3, 0.4) is 0 Å². The highest BCUT2D eigenvalue weighted by Gasteiger charge is 2.48. The molecule has 6 rings (SSSR count). The van der Waals surface area contributed by atoms with Crippen molar-refractivity contribution in [3.05, 3.63) is 18.3 Å². The van der Waals surface area contributed by atoms with Crippen LogP contribution in [0.4, 0.5) is 0 Å². The maximum Gasteiger partial charge on any atom is 0.472 e. The van der Waals surface area contributed by atoms with E-state index in [1.165, 1.54) is 38.0 Å². The summed E-state index contributed by atoms with van der Waals surface area (Å²) >= 11 is 0. The summed E-state index contributed by atoms with van der Waals surface area (Å²) in [4.78, 5) is 78.5. The summed E-state index contributed by atoms with van der Waals surface area (Å²) < 4.78 is 179. The summed E-state index contributed by atoms with van der Waals surface area (Å²) in [6.45, 7) is 2.96. The largest absolute Gasteiger partial charge is 0.472 e. The monoisotopic (exact) mass is 1870 g/mol. The van der Waals surface area contributed by atoms with Gasteiger partial charge in [0.05, 0.1) is 128 Å². The van der Waals surface area contributed by atoms with Gasteiger partial charge in [-0.3, -0.25) is 54.6 Å². The second-order valence-electron chi connectivity index (χ2n) is 29.5. The number of ether oxygens (including phenoxy) is 10. The molecular weight excluding hydrogens is 1730 g/mol. The molecule has 4 aliphatic heterocycles. The van der Waals surface area contributed by atoms with Gasteiger partial charge in [-0.25, -0.2) is 37.8 Å². The molecule has 15 N–H and O–H groups in total. The normalized spacial score (nSPS) is 28.6. The number of amides is 1. The van der Waals surface area contributed by atoms with E-state index in [-0.39, 0.29) is 128 Å². The summed E-state index contributed by atoms with van der Waals surface area (Å²) in [6, 6.07) is -1.12. The van der Waals surface area contributed by atoms with E-state index in [1.807, 2.05) is 0 Å². The van der Waals surface area contributed by atoms with Crippen molar-refractivity contribution in [3.8, 4) is 0 Å². The van der Waals surface area contributed by atoms with Gasteiger partial charge in [0.2, 0.25) is 5.91 Å². The Morgan fingerprint density at radius 2 is 0.852 bits per heavy atom. The van der Waals surface area contributed by atoms with Crippen LogP contribution in [-0.4, -0.2) is 326 Å². The first-order valence-electron chi connectivity index (χ1n) is 39.6. The number of phosphoric ester groups is 5. The Hall–Kier alpha value is -2.19. The molecule has 2 aromatic rings. The molecule has 0 saturated carbocycles. The number of aromatic nitrogens is 4. The summed E-state index contributed by atoms with van der Waals surface area (Å²) in [6.07, 6.45) is -9.95. The molecule has 0 radical (unpaired) electrons. The second-order valence-corrected chi connectivity index (χ2v) is 36.7. The fourth-order valence-corrected chi connectivity index (χ4v) is 17.1. The molecule has 4 fully saturated rings. The molecule has 4 aliphatic rings. The lowest BCUT2D eigenvalue weighted by molar-refractivity contribution is -0.282. The van der Waals surface area contributed by atoms with E-state index < -0.39 is 226 Å². The molecule has 0 aliphatic carbocycles. The molecule has 1 amide bonds. The molecule has 0 spiro atoms. The van der Waals surface area contributed by atoms with Crippen LogP contribution in [0.5, 0.6) is 0 Å². The third-order valence-corrected chi connectivity index (χ3v) is 24.4. The van der Waals surface area contributed by atoms with E-state index in [4.69, 9.17) is 92.6 Å². The third kappa shape index (κ3) is 40.7. The summed E-state index contributed by atoms with van der Waals surface area (Å²) in [5.41, 5.74) is -0.342. The van der Waals surface area contributed by atoms with Gasteiger partial charge in [0.15, 0.2) is 24.5 Å². The number of nitrogens with zero attached hydrogens (tertiary/aromatic N) is 4. The van der Waals surface area contributed by atoms with Gasteiger partial charge in [0, 0.05) is 64.8 Å². The molecule has 0 bridgehead atoms. The Bertz CT molecular complexity index is 3340. The Balaban J connectivity index is 0.0000126. The number of unbranched alkanes of at least 4 members (excludes halogenated alkanes) is 9. The van der Waals surface area contributed by atoms with Crippen molar-refractivity contribution in [3.63, 3.8) is 0 Å². The Labute approximate surface area is 714 Å². The lowest BCUT2D eigenvalue weighted by atomic mass is 9.92. The number of rotatable bonds is 63. The first kappa shape index (κ1) is 116. The number of phosphoric acid groups is 5. The van der Waals surface area contributed by atoms with Crippen LogP contribution < -0.4 is 5.32 Å². The molecule has 50 heteroatoms. The number of hydrogen-bond acceptors (Lipinski definition) is 38. The average Bonchev–Trinajstić information content (AvgIpc) is 1.62. The highest BCUT2D eigenvalue weighted by atomic mass is 31.2. The number of hydrogen-bond donors (Lipinski definition) is 15. The zero-order chi connectivity index (χ0) is 86.7. The quantitative estimate of drug-likeness (QED) is 0.0289. The molecule has 4 saturated heterocycles. The number of aliphatic hydroxyl groups is 9. The van der Waals surface area contributed by atoms with Gasteiger partial charge in [0.25, 0.3) is 0 Å². The van der Waals surface area contributed by atoms with Crippen molar-refractivity contribution in [2.75, 3.05) is 132 Å². The first-order valence-corrected chi connectivity index (χ1v) is 47.1. The van der Waals surface area contributed by atoms with Gasteiger partial charge in [0.1, 0.15) is 79.0 Å². The van der Waals surface area contributed by atoms with Crippen molar-refractivity contribution < 1.29 is 191 Å². The zero-order valence-corrected chi connectivity index (χ0v) is 72.0. The van der Waals surface area contributed by atoms with E-state index in [1.54, 1.807) is 20.8 Å². The lowest BCUT2D eigenvalue weighted by Gasteiger charge is -2.42. The molecule has 2 aromatic heterocycles. The SMILES string of the molecule is C.C.C.C.CC(=O)NC1[C@H](OCCCCCCOP(=O)(O)OCCCOCC(COCCCOP(=O)(O)OCCCCCCO[C@@H]2OC(CO)[C@H](O)[C@H](O)C2C)(COCCCOP(=O)(O)OCCCCCCO[C@@H]2OC(CO)[C@H](O)[C@H](O)C2C)COP(=O)(O)OC[C@H]2O[C@@H](n3cnc4c(C)ncnc43)CC2OP(=O)(O)OC(C)C)OC(CO)[C@H](O)[C@@H]1O. The number of carbonyl (C=O) groups excluding carboxylic acids is 1. The minimum Gasteiger partial charge on any atom is -0.394 e. The second kappa shape index (κ2) is 58.6. The third-order valence-electron chi connectivity index (χ3n) is 19.2. The minimum absolute atomic E-state index is 0. The van der Waals surface area contributed by atoms with Crippen molar-refractivity contribution in [1.29, 1.82) is 0 Å². The predicted octanol–water partition coefficient (Wildman–Crippen LogP) is 5.44. The van der Waals surface area contributed by atoms with Gasteiger partial charge < -0.3 is 123 Å². The smallest absolute Gasteiger partial charge is 0.394 e. The van der Waals surface area contributed by atoms with Gasteiger partial charge in [-0.1, -0.05) is 82.1 Å². The van der Waals surface area contributed by atoms with E-state index >= 15 is 0 Å². The number of nitrogens with one attached hydrogen (secondary N) is 1. The molecule has 0 aromatic carbocycles. The molecule has 122 heavy (non-hydrogen) atoms. The van der Waals surface area contributed by atoms with Crippen LogP contribution >= 0.6 is 39.1 Å². The van der Waals surface area contributed by atoms with E-state index in [0.29, 0.717) is 93.9 Å². The minimum atomic E-state index is -5.27. The van der Waals surface area contributed by atoms with Crippen molar-refractivity contribution >= 4 is 56.2 Å². The van der Waals surface area contributed by atoms with Crippen molar-refractivity contribution in [2.24, 2.45) is 17.3 Å². The van der Waals surface area contributed by atoms with E-state index in [9.17, 15) is 98.0 Å². The molecule has 720 valence electrons. The van der Waals surface area contributed by atoms with Crippen LogP contribution in [0.1, 0.15) is 179 Å². The molecular formula is C72H142N5O40P5. The Morgan fingerprint density at radius 1 is 0.475 bits per heavy atom. The van der Waals surface area contributed by atoms with Gasteiger partial charge in [-0.05, 0) is 78.6 Å². The molecule has 12 unspecified atom stereocenters. The highest BCUT2D eigenvalue weighted by Crippen LogP contribution is 2.52. The highest BCUT2D eigenvalue weighted by molar-refractivity contribution is 7.48. The van der Waals surface area contributed by atoms with Crippen LogP contribution in [0.15, 0.2) is 12.7 Å². The maximum atomic E-state index is 14.2. The van der Waals surface area contributed by atoms with Gasteiger partial charge in [-0.2, -0.15) is 0 Å². The lowest BCUT2D eigenvalue weighted by Crippen LogP contribution is -2.64. The number of carbonyl (C=O) groups is 1. The Kier molecular flexibility index (Phi) is 55.6. The fourth-order valence-electron chi connectivity index (χ4n) is 12.7. The van der Waals surface area contributed by atoms with Crippen LogP contribution in [0.2, 0.25) is 0 Å². The number of aryl methyl sites for hydroxylation is 1. The maximum absolute atomic E-state index is 14.2. The van der Waals surface area contributed by atoms with Crippen molar-refractivity contribution in [2.45, 2.75) is 278 Å². The zero-order valence-electron chi connectivity index (χ0n) is 67.5. The standard InChI is InChI=1S/C68H126N5O40P5.4CH4/c1-45(2)112-118(92,93)113-50-34-55(73-44-71-56-48(5)69-43-70-64(56)73)108-54(50)38-106-117(90,91)107-42-68(39-94-22-19-31-103-114(84,85)100-28-16-10-7-13-25-97-65-46(3)58(78)60(80)51(35-74)109-65,40-95-23-20-32-104-115(86,87)101-29-17-11-8-14-26-98-66-47(4)59(79)61(81)52(36-75)110-66)41-96-24-21-33-105-116(88,89)102-30-18-12-9-15-27-99-67-57(72-49(6)77)63(83)62(82)53(37-76)111-67;;;;/h43-47,50-55,57-63,65-67,74-76,78-83H,7-42H2,1-6H3,(H,72,77)(H,84,85)(H,86,87)(H,88,89)(H,90,91)(H,92,93);4*1H4/t46?,47?,50?,51?,52?,53?,54-,55-,57?,58-,59-,60+,61+,62+,63-,65-,66-,67-,68?;;;;/m1..../s1. The van der Waals surface area contributed by atoms with Crippen LogP contribution in [-0.2, 0) is 120 Å². The molecule has 23 atom stereocenters. The summed E-state index contributed by atoms with van der Waals surface area (Å²) in [5.74, 6) is -1.64. The first-order chi connectivity index (χ1) is 55.9. The summed E-state index contributed by atoms with van der Waals surface area (Å²) in [7, 11) is -23.9. The number of aliphatic hydroxyl groups excluding tert-OH is 9. The van der Waals surface area contributed by atoms with Crippen molar-refractivity contribution in [1.82, 2.24) is 24.8 Å². The van der Waals surface area contributed by atoms with Gasteiger partial charge >= 0.3 is 39.1 Å². The van der Waals surface area contributed by atoms with Gasteiger partial charge in [-0.15, -0.1) is 0 Å². The Morgan fingerprint density at radius 3 is 1.25 bits per heavy atom. The summed E-state index contributed by atoms with van der Waals surface area (Å²) in [5, 5.41) is 92.8. The van der Waals surface area contributed by atoms with E-state index in [2.05, 4.69) is 20.3 Å². The van der Waals surface area contributed by atoms with Crippen LogP contribution in [0.25, 0.3) is 11.2 Å². The number of fused-ring (bicyclic) bond motifs is 1. The number of imidazole rings is 1. The topological polar surface area (TPSA) is 626 Å². The predicted molar refractivity (Wildman–Crippen MR) is 435 cm³/mol. The molecule has 45 nitrogen and oxygen atoms in total. The average molecular weight is 1870 g/mol. The van der Waals surface area contributed by atoms with Crippen LogP contribution in [0, 0.1) is 24.2 Å².